The minimum absolute atomic E-state index is 0.0821. The normalized spacial score (nSPS) is 12.3. The van der Waals surface area contributed by atoms with Crippen molar-refractivity contribution in [3.63, 3.8) is 0 Å². The third kappa shape index (κ3) is 42.6. The lowest BCUT2D eigenvalue weighted by atomic mass is 10.1. The van der Waals surface area contributed by atoms with Gasteiger partial charge in [-0.25, -0.2) is 0 Å². The van der Waals surface area contributed by atoms with Gasteiger partial charge in [-0.3, -0.25) is 14.4 Å². The molecule has 0 saturated carbocycles. The topological polar surface area (TPSA) is 78.9 Å². The van der Waals surface area contributed by atoms with Crippen molar-refractivity contribution in [2.45, 2.75) is 245 Å². The Labute approximate surface area is 340 Å². The SMILES string of the molecule is CCCC/C=C\CCCCCCCC(=O)OC(COC(=O)CCCCC/C=C\C=C/CCCCCCCCC)COC(=O)CCCCCCCCCCCC. The monoisotopic (exact) mass is 773 g/mol. The summed E-state index contributed by atoms with van der Waals surface area (Å²) in [6.07, 6.45) is 49.8. The maximum Gasteiger partial charge on any atom is 0.306 e. The molecule has 0 amide bonds. The Balaban J connectivity index is 4.38. The average Bonchev–Trinajstić information content (AvgIpc) is 3.18. The van der Waals surface area contributed by atoms with Crippen LogP contribution in [0.25, 0.3) is 0 Å². The van der Waals surface area contributed by atoms with Crippen LogP contribution < -0.4 is 0 Å². The molecule has 0 heterocycles. The molecule has 1 atom stereocenters. The molecule has 0 aliphatic heterocycles. The van der Waals surface area contributed by atoms with Gasteiger partial charge < -0.3 is 14.2 Å². The zero-order chi connectivity index (χ0) is 40.1. The van der Waals surface area contributed by atoms with Crippen molar-refractivity contribution in [3.8, 4) is 0 Å². The van der Waals surface area contributed by atoms with E-state index in [0.29, 0.717) is 19.3 Å². The van der Waals surface area contributed by atoms with Crippen molar-refractivity contribution in [2.75, 3.05) is 13.2 Å². The van der Waals surface area contributed by atoms with Gasteiger partial charge in [0.2, 0.25) is 0 Å². The molecule has 0 bridgehead atoms. The second kappa shape index (κ2) is 44.3. The summed E-state index contributed by atoms with van der Waals surface area (Å²) >= 11 is 0. The molecule has 55 heavy (non-hydrogen) atoms. The van der Waals surface area contributed by atoms with Gasteiger partial charge in [-0.15, -0.1) is 0 Å². The molecule has 0 aromatic carbocycles. The minimum atomic E-state index is -0.781. The van der Waals surface area contributed by atoms with Gasteiger partial charge >= 0.3 is 17.9 Å². The minimum Gasteiger partial charge on any atom is -0.462 e. The molecule has 0 N–H and O–H groups in total. The Morgan fingerprint density at radius 2 is 0.673 bits per heavy atom. The van der Waals surface area contributed by atoms with Crippen LogP contribution in [0.5, 0.6) is 0 Å². The molecule has 0 aliphatic rings. The molecular weight excluding hydrogens is 685 g/mol. The number of carbonyl (C=O) groups is 3. The van der Waals surface area contributed by atoms with Crippen molar-refractivity contribution < 1.29 is 28.6 Å². The van der Waals surface area contributed by atoms with E-state index in [9.17, 15) is 14.4 Å². The first-order chi connectivity index (χ1) is 27.0. The number of hydrogen-bond acceptors (Lipinski definition) is 6. The molecule has 0 aliphatic carbocycles. The average molecular weight is 773 g/mol. The van der Waals surface area contributed by atoms with Crippen LogP contribution in [0.4, 0.5) is 0 Å². The third-order valence-electron chi connectivity index (χ3n) is 10.1. The zero-order valence-corrected chi connectivity index (χ0v) is 36.4. The second-order valence-electron chi connectivity index (χ2n) is 15.7. The van der Waals surface area contributed by atoms with Crippen molar-refractivity contribution in [1.29, 1.82) is 0 Å². The summed E-state index contributed by atoms with van der Waals surface area (Å²) in [5, 5.41) is 0. The number of allylic oxidation sites excluding steroid dienone is 6. The quantitative estimate of drug-likeness (QED) is 0.0202. The van der Waals surface area contributed by atoms with Gasteiger partial charge in [0.1, 0.15) is 13.2 Å². The molecular formula is C49H88O6. The standard InChI is InChI=1S/C49H88O6/c1-4-7-10-13-16-19-22-23-24-25-26-28-30-33-36-39-42-48(51)54-45-46(44-53-47(50)41-38-35-32-29-21-18-15-12-9-6-3)55-49(52)43-40-37-34-31-27-20-17-14-11-8-5-2/h14,17,24-26,28,46H,4-13,15-16,18-23,27,29-45H2,1-3H3/b17-14-,25-24-,28-26-. The fourth-order valence-electron chi connectivity index (χ4n) is 6.53. The maximum absolute atomic E-state index is 12.7. The van der Waals surface area contributed by atoms with Crippen LogP contribution in [0.15, 0.2) is 36.5 Å². The summed E-state index contributed by atoms with van der Waals surface area (Å²) in [6.45, 7) is 6.55. The van der Waals surface area contributed by atoms with Crippen LogP contribution in [0.1, 0.15) is 239 Å². The van der Waals surface area contributed by atoms with Crippen molar-refractivity contribution >= 4 is 17.9 Å². The molecule has 6 nitrogen and oxygen atoms in total. The Morgan fingerprint density at radius 1 is 0.364 bits per heavy atom. The summed E-state index contributed by atoms with van der Waals surface area (Å²) in [7, 11) is 0. The van der Waals surface area contributed by atoms with Crippen LogP contribution in [-0.4, -0.2) is 37.2 Å². The fourth-order valence-corrected chi connectivity index (χ4v) is 6.53. The largest absolute Gasteiger partial charge is 0.462 e. The lowest BCUT2D eigenvalue weighted by molar-refractivity contribution is -0.167. The second-order valence-corrected chi connectivity index (χ2v) is 15.7. The number of unbranched alkanes of at least 4 members (excludes halogenated alkanes) is 26. The fraction of sp³-hybridized carbons (Fsp3) is 0.816. The highest BCUT2D eigenvalue weighted by Crippen LogP contribution is 2.14. The highest BCUT2D eigenvalue weighted by atomic mass is 16.6. The van der Waals surface area contributed by atoms with Crippen molar-refractivity contribution in [3.05, 3.63) is 36.5 Å². The van der Waals surface area contributed by atoms with E-state index in [-0.39, 0.29) is 31.1 Å². The zero-order valence-electron chi connectivity index (χ0n) is 36.4. The van der Waals surface area contributed by atoms with Crippen molar-refractivity contribution in [1.82, 2.24) is 0 Å². The lowest BCUT2D eigenvalue weighted by Crippen LogP contribution is -2.30. The Hall–Kier alpha value is -2.37. The van der Waals surface area contributed by atoms with Crippen LogP contribution in [0.3, 0.4) is 0 Å². The molecule has 0 aromatic rings. The van der Waals surface area contributed by atoms with E-state index in [1.807, 2.05) is 0 Å². The summed E-state index contributed by atoms with van der Waals surface area (Å²) < 4.78 is 16.7. The van der Waals surface area contributed by atoms with E-state index in [0.717, 1.165) is 83.5 Å². The molecule has 0 saturated heterocycles. The van der Waals surface area contributed by atoms with E-state index in [1.165, 1.54) is 116 Å². The van der Waals surface area contributed by atoms with E-state index in [2.05, 4.69) is 57.2 Å². The predicted octanol–water partition coefficient (Wildman–Crippen LogP) is 15.0. The van der Waals surface area contributed by atoms with Gasteiger partial charge in [-0.1, -0.05) is 192 Å². The first-order valence-corrected chi connectivity index (χ1v) is 23.5. The van der Waals surface area contributed by atoms with Crippen molar-refractivity contribution in [2.24, 2.45) is 0 Å². The van der Waals surface area contributed by atoms with E-state index < -0.39 is 6.10 Å². The van der Waals surface area contributed by atoms with Crippen LogP contribution in [-0.2, 0) is 28.6 Å². The number of carbonyl (C=O) groups excluding carboxylic acids is 3. The number of esters is 3. The van der Waals surface area contributed by atoms with Gasteiger partial charge in [0, 0.05) is 19.3 Å². The van der Waals surface area contributed by atoms with Gasteiger partial charge in [-0.2, -0.15) is 0 Å². The van der Waals surface area contributed by atoms with Crippen LogP contribution >= 0.6 is 0 Å². The van der Waals surface area contributed by atoms with E-state index in [4.69, 9.17) is 14.2 Å². The van der Waals surface area contributed by atoms with Gasteiger partial charge in [-0.05, 0) is 64.2 Å². The molecule has 6 heteroatoms. The van der Waals surface area contributed by atoms with Crippen LogP contribution in [0, 0.1) is 0 Å². The summed E-state index contributed by atoms with van der Waals surface area (Å²) in [6, 6.07) is 0. The highest BCUT2D eigenvalue weighted by molar-refractivity contribution is 5.71. The van der Waals surface area contributed by atoms with E-state index >= 15 is 0 Å². The molecule has 0 spiro atoms. The molecule has 320 valence electrons. The maximum atomic E-state index is 12.7. The summed E-state index contributed by atoms with van der Waals surface area (Å²) in [5.74, 6) is -0.919. The molecule has 0 fully saturated rings. The molecule has 0 aromatic heterocycles. The van der Waals surface area contributed by atoms with Crippen LogP contribution in [0.2, 0.25) is 0 Å². The number of rotatable bonds is 42. The summed E-state index contributed by atoms with van der Waals surface area (Å²) in [4.78, 5) is 37.7. The predicted molar refractivity (Wildman–Crippen MR) is 233 cm³/mol. The third-order valence-corrected chi connectivity index (χ3v) is 10.1. The van der Waals surface area contributed by atoms with Gasteiger partial charge in [0.15, 0.2) is 6.10 Å². The first-order valence-electron chi connectivity index (χ1n) is 23.5. The van der Waals surface area contributed by atoms with E-state index in [1.54, 1.807) is 0 Å². The lowest BCUT2D eigenvalue weighted by Gasteiger charge is -2.18. The number of ether oxygens (including phenoxy) is 3. The Bertz CT molecular complexity index is 938. The first kappa shape index (κ1) is 52.6. The van der Waals surface area contributed by atoms with Gasteiger partial charge in [0.25, 0.3) is 0 Å². The molecule has 1 unspecified atom stereocenters. The van der Waals surface area contributed by atoms with Gasteiger partial charge in [0.05, 0.1) is 0 Å². The summed E-state index contributed by atoms with van der Waals surface area (Å²) in [5.41, 5.74) is 0. The highest BCUT2D eigenvalue weighted by Gasteiger charge is 2.19. The molecule has 0 radical (unpaired) electrons. The number of hydrogen-bond donors (Lipinski definition) is 0. The Kier molecular flexibility index (Phi) is 42.4. The molecule has 0 rings (SSSR count). The smallest absolute Gasteiger partial charge is 0.306 e. The Morgan fingerprint density at radius 3 is 1.09 bits per heavy atom.